The van der Waals surface area contributed by atoms with Crippen molar-refractivity contribution in [1.82, 2.24) is 15.7 Å². The third-order valence-corrected chi connectivity index (χ3v) is 17.5. The summed E-state index contributed by atoms with van der Waals surface area (Å²) in [6.07, 6.45) is 4.97. The van der Waals surface area contributed by atoms with Crippen LogP contribution in [-0.4, -0.2) is 182 Å². The number of halogens is 7. The van der Waals surface area contributed by atoms with Gasteiger partial charge in [-0.05, 0) is 176 Å². The smallest absolute Gasteiger partial charge is 0.307 e. The summed E-state index contributed by atoms with van der Waals surface area (Å²) in [4.78, 5) is 89.0. The van der Waals surface area contributed by atoms with E-state index in [4.69, 9.17) is 89.8 Å². The number of carboxylic acid groups (broad SMARTS) is 1. The van der Waals surface area contributed by atoms with Crippen LogP contribution in [-0.2, 0) is 71.8 Å². The number of alkyl halides is 6. The Morgan fingerprint density at radius 2 is 0.946 bits per heavy atom. The zero-order chi connectivity index (χ0) is 71.0. The molecule has 0 aliphatic heterocycles. The zero-order valence-corrected chi connectivity index (χ0v) is 62.9. The second-order valence-electron chi connectivity index (χ2n) is 20.6. The number of hydrogen-bond acceptors (Lipinski definition) is 19. The Hall–Kier alpha value is -4.42. The second-order valence-corrected chi connectivity index (χ2v) is 24.4. The Balaban J connectivity index is 0. The maximum atomic E-state index is 11.7. The normalized spacial score (nSPS) is 11.4. The summed E-state index contributed by atoms with van der Waals surface area (Å²) in [5.74, 6) is 0.406. The number of hydrogen-bond donors (Lipinski definition) is 7. The number of ether oxygens (including phenoxy) is 3. The molecule has 0 fully saturated rings. The molecule has 0 saturated heterocycles. The number of carboxylic acids is 1. The van der Waals surface area contributed by atoms with Crippen molar-refractivity contribution in [3.05, 3.63) is 114 Å². The number of benzene rings is 4. The van der Waals surface area contributed by atoms with Crippen molar-refractivity contribution < 1.29 is 57.7 Å². The summed E-state index contributed by atoms with van der Waals surface area (Å²) in [6, 6.07) is 17.2. The summed E-state index contributed by atoms with van der Waals surface area (Å²) < 4.78 is 15.9. The van der Waals surface area contributed by atoms with Gasteiger partial charge in [0, 0.05) is 105 Å². The first kappa shape index (κ1) is 90.6. The minimum atomic E-state index is -0.873. The molecule has 0 amide bonds. The Bertz CT molecular complexity index is 2850. The summed E-state index contributed by atoms with van der Waals surface area (Å²) >= 11 is 32.8. The van der Waals surface area contributed by atoms with E-state index in [-0.39, 0.29) is 73.6 Å². The SMILES string of the molecule is COC(=O)C[C@H](CI)N[B]C=O.COC(=O)C[C@H](Cc1c(C)ccc(N(CCCl)CCCl)c1C)N[B]C=O.COC(=O)C[C@H](Cc1c(C)ccc(N)c1C)N[B]C=O.Cc1ccc(N(CCCl)CCCl)cc1C[C@H](N)CC(=O)O.Cc1ccc(N)c(C)c1I.O=CCCl. The molecular formula is C63H91B3Cl5I2N8O12. The average Bonchev–Trinajstić information content (AvgIpc) is 0.900. The lowest BCUT2D eigenvalue weighted by molar-refractivity contribution is -0.142. The number of carbonyl (C=O) groups excluding carboxylic acids is 7. The van der Waals surface area contributed by atoms with Crippen LogP contribution in [0.3, 0.4) is 0 Å². The fourth-order valence-corrected chi connectivity index (χ4v) is 10.7. The second kappa shape index (κ2) is 54.7. The third-order valence-electron chi connectivity index (χ3n) is 13.9. The van der Waals surface area contributed by atoms with Crippen LogP contribution < -0.4 is 42.7 Å². The van der Waals surface area contributed by atoms with Crippen molar-refractivity contribution in [2.24, 2.45) is 5.73 Å². The molecule has 513 valence electrons. The number of aryl methyl sites for hydroxylation is 4. The maximum Gasteiger partial charge on any atom is 0.307 e. The van der Waals surface area contributed by atoms with Crippen LogP contribution in [0.2, 0.25) is 0 Å². The lowest BCUT2D eigenvalue weighted by atomic mass is 9.89. The fraction of sp³-hybridized carbons (Fsp3) is 0.492. The molecule has 0 spiro atoms. The van der Waals surface area contributed by atoms with Gasteiger partial charge in [-0.25, -0.2) is 0 Å². The Morgan fingerprint density at radius 3 is 1.34 bits per heavy atom. The highest BCUT2D eigenvalue weighted by atomic mass is 127. The summed E-state index contributed by atoms with van der Waals surface area (Å²) in [5, 5.41) is 17.5. The number of nitrogens with one attached hydrogen (secondary N) is 3. The van der Waals surface area contributed by atoms with Crippen molar-refractivity contribution in [1.29, 1.82) is 0 Å². The number of esters is 3. The number of anilines is 4. The van der Waals surface area contributed by atoms with Gasteiger partial charge in [0.2, 0.25) is 0 Å². The van der Waals surface area contributed by atoms with E-state index in [1.165, 1.54) is 58.3 Å². The number of nitrogens with zero attached hydrogens (tertiary/aromatic N) is 2. The first-order chi connectivity index (χ1) is 44.2. The Morgan fingerprint density at radius 1 is 0.559 bits per heavy atom. The van der Waals surface area contributed by atoms with Gasteiger partial charge in [-0.2, -0.15) is 0 Å². The number of aliphatic carboxylic acids is 1. The maximum absolute atomic E-state index is 11.7. The Kier molecular flexibility index (Phi) is 53.3. The molecule has 93 heavy (non-hydrogen) atoms. The highest BCUT2D eigenvalue weighted by Gasteiger charge is 2.21. The lowest BCUT2D eigenvalue weighted by Gasteiger charge is -2.28. The van der Waals surface area contributed by atoms with E-state index in [1.807, 2.05) is 71.0 Å². The first-order valence-corrected chi connectivity index (χ1v) is 34.6. The average molecular weight is 1620 g/mol. The van der Waals surface area contributed by atoms with Gasteiger partial charge in [0.1, 0.15) is 6.29 Å². The van der Waals surface area contributed by atoms with Gasteiger partial charge >= 0.3 is 23.9 Å². The van der Waals surface area contributed by atoms with E-state index in [2.05, 4.69) is 112 Å². The van der Waals surface area contributed by atoms with Gasteiger partial charge in [-0.15, -0.1) is 58.0 Å². The van der Waals surface area contributed by atoms with Crippen molar-refractivity contribution in [2.75, 3.05) is 103 Å². The standard InChI is InChI=1S/C18H26BCl2N2O3.C15H22Cl2N2O2.C14H20BN2O3.C8H10IN.C6H10BINO3.C2H3ClO/c1-13-4-5-17(23(8-6-20)9-7-21)14(2)16(13)10-15(22-19-12-24)11-18(25)26-3;1-11-2-3-14(19(6-4-16)7-5-17)9-12(11)8-13(18)10-15(20)21;1-9-4-5-13(16)10(2)12(9)6-11(17-15-8-18)7-14(19)20-3;1-5-3-4-7(10)6(2)8(5)9;1-12-6(11)2-5(3-8)9-7-4-10;3-1-2-4/h4-5,12,15,22H,6-11H2,1-3H3;2-3,9,13H,4-8,10,18H2,1H3,(H,20,21);4-5,8,11,17H,6-7,16H2,1-3H3;3-4H,10H2,1-2H3;4-5,9H,2-3H2,1H3;2H,1H2/t15-;13-;11-;;5-;/m000.1./s1. The number of aldehydes is 1. The van der Waals surface area contributed by atoms with Crippen molar-refractivity contribution >= 4 is 197 Å². The minimum absolute atomic E-state index is 0.0248. The van der Waals surface area contributed by atoms with Crippen molar-refractivity contribution in [2.45, 2.75) is 118 Å². The lowest BCUT2D eigenvalue weighted by Crippen LogP contribution is -2.37. The van der Waals surface area contributed by atoms with Crippen LogP contribution in [0.4, 0.5) is 22.7 Å². The first-order valence-electron chi connectivity index (χ1n) is 29.3. The fourth-order valence-electron chi connectivity index (χ4n) is 8.79. The van der Waals surface area contributed by atoms with E-state index in [9.17, 15) is 33.6 Å². The van der Waals surface area contributed by atoms with E-state index >= 15 is 0 Å². The molecule has 0 unspecified atom stereocenters. The van der Waals surface area contributed by atoms with E-state index in [0.29, 0.717) is 80.7 Å². The molecule has 4 aromatic carbocycles. The van der Waals surface area contributed by atoms with Crippen LogP contribution in [0, 0.1) is 52.0 Å². The number of nitrogens with two attached hydrogens (primary N) is 3. The topological polar surface area (TPSA) is 305 Å². The van der Waals surface area contributed by atoms with Crippen LogP contribution in [0.15, 0.2) is 54.6 Å². The molecule has 0 aliphatic carbocycles. The molecule has 0 bridgehead atoms. The molecule has 0 saturated carbocycles. The van der Waals surface area contributed by atoms with Gasteiger partial charge in [0.05, 0.1) is 71.4 Å². The number of nitrogen functional groups attached to an aromatic ring is 2. The zero-order valence-electron chi connectivity index (χ0n) is 54.8. The van der Waals surface area contributed by atoms with E-state index < -0.39 is 5.97 Å². The summed E-state index contributed by atoms with van der Waals surface area (Å²) in [5.41, 5.74) is 32.5. The molecular weight excluding hydrogens is 1520 g/mol. The van der Waals surface area contributed by atoms with Crippen LogP contribution in [0.5, 0.6) is 0 Å². The molecule has 4 aromatic rings. The predicted molar refractivity (Wildman–Crippen MR) is 403 cm³/mol. The molecule has 30 heteroatoms. The summed E-state index contributed by atoms with van der Waals surface area (Å²) in [7, 11) is 7.94. The quantitative estimate of drug-likeness (QED) is 0.00432. The van der Waals surface area contributed by atoms with Gasteiger partial charge in [0.25, 0.3) is 22.2 Å². The highest BCUT2D eigenvalue weighted by Crippen LogP contribution is 2.29. The number of rotatable bonds is 35. The molecule has 4 rings (SSSR count). The van der Waals surface area contributed by atoms with Crippen LogP contribution >= 0.6 is 103 Å². The molecule has 3 radical (unpaired) electrons. The molecule has 10 N–H and O–H groups in total. The van der Waals surface area contributed by atoms with Crippen LogP contribution in [0.25, 0.3) is 0 Å². The van der Waals surface area contributed by atoms with E-state index in [1.54, 1.807) is 0 Å². The van der Waals surface area contributed by atoms with E-state index in [0.717, 1.165) is 84.8 Å². The molecule has 0 aromatic heterocycles. The molecule has 0 heterocycles. The van der Waals surface area contributed by atoms with Crippen molar-refractivity contribution in [3.8, 4) is 0 Å². The highest BCUT2D eigenvalue weighted by molar-refractivity contribution is 14.1. The monoisotopic (exact) mass is 1610 g/mol. The largest absolute Gasteiger partial charge is 0.481 e. The van der Waals surface area contributed by atoms with Gasteiger partial charge < -0.3 is 81.2 Å². The third kappa shape index (κ3) is 38.8. The molecule has 0 aliphatic rings. The molecule has 4 atom stereocenters. The number of carbonyl (C=O) groups is 8. The van der Waals surface area contributed by atoms with Crippen LogP contribution in [0.1, 0.15) is 81.3 Å². The van der Waals surface area contributed by atoms with Crippen molar-refractivity contribution in [3.63, 3.8) is 0 Å². The predicted octanol–water partition coefficient (Wildman–Crippen LogP) is 8.51. The molecule has 20 nitrogen and oxygen atoms in total. The van der Waals surface area contributed by atoms with Gasteiger partial charge in [-0.3, -0.25) is 19.2 Å². The summed E-state index contributed by atoms with van der Waals surface area (Å²) in [6.45, 7) is 17.1. The Labute approximate surface area is 605 Å². The van der Waals surface area contributed by atoms with Gasteiger partial charge in [-0.1, -0.05) is 46.9 Å². The minimum Gasteiger partial charge on any atom is -0.481 e. The number of methoxy groups -OCH3 is 3. The van der Waals surface area contributed by atoms with Gasteiger partial charge in [0.15, 0.2) is 0 Å².